The number of hydrogen-bond acceptors (Lipinski definition) is 3. The van der Waals surface area contributed by atoms with Gasteiger partial charge in [0.05, 0.1) is 11.7 Å². The molecule has 0 saturated heterocycles. The minimum absolute atomic E-state index is 0.0544. The van der Waals surface area contributed by atoms with E-state index in [9.17, 15) is 4.55 Å². The zero-order valence-corrected chi connectivity index (χ0v) is 13.9. The second-order valence-electron chi connectivity index (χ2n) is 5.47. The maximum absolute atomic E-state index is 12.1. The Morgan fingerprint density at radius 3 is 2.44 bits per heavy atom. The quantitative estimate of drug-likeness (QED) is 0.658. The van der Waals surface area contributed by atoms with Crippen LogP contribution in [0.3, 0.4) is 0 Å². The Balaban J connectivity index is 2.95. The lowest BCUT2D eigenvalue weighted by atomic mass is 10.0. The first-order valence-corrected chi connectivity index (χ1v) is 7.80. The van der Waals surface area contributed by atoms with Crippen LogP contribution in [0.1, 0.15) is 44.9 Å². The summed E-state index contributed by atoms with van der Waals surface area (Å²) in [7, 11) is 0. The largest absolute Gasteiger partial charge is 0.598 e. The molecule has 1 aromatic carbocycles. The SMILES string of the molecule is Cc1cc(Br)c(N)c(C(C)N[S@+]([O-])C(C)(C)C)c1. The fourth-order valence-electron chi connectivity index (χ4n) is 1.54. The Kier molecular flexibility index (Phi) is 5.12. The summed E-state index contributed by atoms with van der Waals surface area (Å²) in [6.45, 7) is 9.82. The molecular weight excluding hydrogens is 312 g/mol. The molecule has 2 atom stereocenters. The van der Waals surface area contributed by atoms with E-state index in [4.69, 9.17) is 5.73 Å². The maximum atomic E-state index is 12.1. The van der Waals surface area contributed by atoms with Crippen molar-refractivity contribution in [3.8, 4) is 0 Å². The van der Waals surface area contributed by atoms with Crippen molar-refractivity contribution in [3.63, 3.8) is 0 Å². The maximum Gasteiger partial charge on any atom is 0.136 e. The fraction of sp³-hybridized carbons (Fsp3) is 0.538. The van der Waals surface area contributed by atoms with Crippen LogP contribution in [0.5, 0.6) is 0 Å². The third-order valence-electron chi connectivity index (χ3n) is 2.61. The van der Waals surface area contributed by atoms with E-state index in [1.54, 1.807) is 0 Å². The number of anilines is 1. The van der Waals surface area contributed by atoms with Gasteiger partial charge in [-0.25, -0.2) is 0 Å². The fourth-order valence-corrected chi connectivity index (χ4v) is 2.93. The molecule has 0 amide bonds. The lowest BCUT2D eigenvalue weighted by molar-refractivity contribution is 0.531. The first-order valence-electron chi connectivity index (χ1n) is 5.86. The van der Waals surface area contributed by atoms with Gasteiger partial charge in [-0.3, -0.25) is 0 Å². The van der Waals surface area contributed by atoms with Gasteiger partial charge in [0.15, 0.2) is 0 Å². The second kappa shape index (κ2) is 5.82. The van der Waals surface area contributed by atoms with Gasteiger partial charge in [0, 0.05) is 15.8 Å². The first-order chi connectivity index (χ1) is 8.12. The summed E-state index contributed by atoms with van der Waals surface area (Å²) in [5.41, 5.74) is 8.85. The first kappa shape index (κ1) is 15.8. The second-order valence-corrected chi connectivity index (χ2v) is 8.32. The van der Waals surface area contributed by atoms with Crippen LogP contribution in [0.25, 0.3) is 0 Å². The molecular formula is C13H21BrN2OS. The molecule has 102 valence electrons. The summed E-state index contributed by atoms with van der Waals surface area (Å²) in [4.78, 5) is 0. The van der Waals surface area contributed by atoms with Crippen LogP contribution < -0.4 is 10.5 Å². The van der Waals surface area contributed by atoms with Gasteiger partial charge in [-0.2, -0.15) is 0 Å². The number of aryl methyl sites for hydroxylation is 1. The van der Waals surface area contributed by atoms with Gasteiger partial charge < -0.3 is 10.3 Å². The van der Waals surface area contributed by atoms with Crippen molar-refractivity contribution in [3.05, 3.63) is 27.7 Å². The number of nitrogens with two attached hydrogens (primary N) is 1. The van der Waals surface area contributed by atoms with Crippen molar-refractivity contribution in [1.82, 2.24) is 4.72 Å². The van der Waals surface area contributed by atoms with Crippen molar-refractivity contribution < 1.29 is 4.55 Å². The molecule has 0 aliphatic carbocycles. The minimum atomic E-state index is -1.11. The summed E-state index contributed by atoms with van der Waals surface area (Å²) in [6, 6.07) is 3.95. The van der Waals surface area contributed by atoms with Crippen LogP contribution in [0.2, 0.25) is 0 Å². The number of hydrogen-bond donors (Lipinski definition) is 2. The predicted molar refractivity (Wildman–Crippen MR) is 82.7 cm³/mol. The van der Waals surface area contributed by atoms with Crippen LogP contribution in [0.4, 0.5) is 5.69 Å². The molecule has 0 saturated carbocycles. The Hall–Kier alpha value is -0.230. The summed E-state index contributed by atoms with van der Waals surface area (Å²) in [5.74, 6) is 0. The monoisotopic (exact) mass is 332 g/mol. The average Bonchev–Trinajstić information content (AvgIpc) is 2.21. The molecule has 0 fully saturated rings. The van der Waals surface area contributed by atoms with E-state index in [1.807, 2.05) is 46.8 Å². The molecule has 0 spiro atoms. The summed E-state index contributed by atoms with van der Waals surface area (Å²) >= 11 is 2.33. The lowest BCUT2D eigenvalue weighted by Crippen LogP contribution is -2.40. The molecule has 0 bridgehead atoms. The molecule has 5 heteroatoms. The van der Waals surface area contributed by atoms with E-state index in [-0.39, 0.29) is 10.8 Å². The van der Waals surface area contributed by atoms with Gasteiger partial charge in [-0.05, 0) is 67.7 Å². The smallest absolute Gasteiger partial charge is 0.136 e. The Morgan fingerprint density at radius 1 is 1.39 bits per heavy atom. The molecule has 1 aromatic rings. The highest BCUT2D eigenvalue weighted by Gasteiger charge is 2.29. The zero-order valence-electron chi connectivity index (χ0n) is 11.5. The highest BCUT2D eigenvalue weighted by atomic mass is 79.9. The molecule has 3 nitrogen and oxygen atoms in total. The molecule has 1 unspecified atom stereocenters. The van der Waals surface area contributed by atoms with Crippen LogP contribution in [-0.4, -0.2) is 9.30 Å². The third kappa shape index (κ3) is 3.88. The van der Waals surface area contributed by atoms with Gasteiger partial charge in [0.1, 0.15) is 4.75 Å². The van der Waals surface area contributed by atoms with E-state index in [0.717, 1.165) is 15.6 Å². The molecule has 18 heavy (non-hydrogen) atoms. The van der Waals surface area contributed by atoms with Crippen molar-refractivity contribution in [1.29, 1.82) is 0 Å². The van der Waals surface area contributed by atoms with E-state index in [1.165, 1.54) is 0 Å². The van der Waals surface area contributed by atoms with E-state index in [0.29, 0.717) is 5.69 Å². The Morgan fingerprint density at radius 2 is 1.94 bits per heavy atom. The normalized spacial score (nSPS) is 15.5. The van der Waals surface area contributed by atoms with Gasteiger partial charge >= 0.3 is 0 Å². The number of benzene rings is 1. The zero-order chi connectivity index (χ0) is 14.1. The molecule has 0 aliphatic heterocycles. The van der Waals surface area contributed by atoms with Crippen LogP contribution in [0.15, 0.2) is 16.6 Å². The molecule has 1 rings (SSSR count). The molecule has 0 aliphatic rings. The molecule has 0 heterocycles. The van der Waals surface area contributed by atoms with E-state index in [2.05, 4.69) is 20.7 Å². The highest BCUT2D eigenvalue weighted by Crippen LogP contribution is 2.30. The van der Waals surface area contributed by atoms with Gasteiger partial charge in [0.25, 0.3) is 0 Å². The Bertz CT molecular complexity index is 432. The standard InChI is InChI=1S/C13H21BrN2OS/c1-8-6-10(12(15)11(14)7-8)9(2)16-18(17)13(3,4)5/h6-7,9,16H,15H2,1-5H3/t9?,18-/m1/s1. The minimum Gasteiger partial charge on any atom is -0.598 e. The van der Waals surface area contributed by atoms with Crippen molar-refractivity contribution >= 4 is 33.0 Å². The predicted octanol–water partition coefficient (Wildman–Crippen LogP) is 3.45. The topological polar surface area (TPSA) is 61.1 Å². The molecule has 3 N–H and O–H groups in total. The number of rotatable bonds is 3. The van der Waals surface area contributed by atoms with Gasteiger partial charge in [-0.15, -0.1) is 4.72 Å². The number of nitrogens with one attached hydrogen (secondary N) is 1. The highest BCUT2D eigenvalue weighted by molar-refractivity contribution is 9.10. The third-order valence-corrected chi connectivity index (χ3v) is 4.95. The van der Waals surface area contributed by atoms with Crippen molar-refractivity contribution in [2.75, 3.05) is 5.73 Å². The summed E-state index contributed by atoms with van der Waals surface area (Å²) in [5, 5.41) is 0. The van der Waals surface area contributed by atoms with Crippen molar-refractivity contribution in [2.45, 2.75) is 45.4 Å². The molecule has 0 aromatic heterocycles. The van der Waals surface area contributed by atoms with Crippen LogP contribution >= 0.6 is 15.9 Å². The van der Waals surface area contributed by atoms with Gasteiger partial charge in [0.2, 0.25) is 0 Å². The number of halogens is 1. The molecule has 0 radical (unpaired) electrons. The van der Waals surface area contributed by atoms with Crippen LogP contribution in [-0.2, 0) is 11.4 Å². The summed E-state index contributed by atoms with van der Waals surface area (Å²) < 4.78 is 15.8. The average molecular weight is 333 g/mol. The van der Waals surface area contributed by atoms with Gasteiger partial charge in [-0.1, -0.05) is 6.07 Å². The van der Waals surface area contributed by atoms with E-state index < -0.39 is 11.4 Å². The van der Waals surface area contributed by atoms with Crippen LogP contribution in [0, 0.1) is 6.92 Å². The lowest BCUT2D eigenvalue weighted by Gasteiger charge is -2.27. The van der Waals surface area contributed by atoms with E-state index >= 15 is 0 Å². The summed E-state index contributed by atoms with van der Waals surface area (Å²) in [6.07, 6.45) is 0. The number of nitrogen functional groups attached to an aromatic ring is 1. The van der Waals surface area contributed by atoms with Crippen molar-refractivity contribution in [2.24, 2.45) is 0 Å². The Labute approximate surface area is 121 Å².